The van der Waals surface area contributed by atoms with Gasteiger partial charge in [0.1, 0.15) is 24.0 Å². The third kappa shape index (κ3) is 12.3. The number of nitrogens with zero attached hydrogens (tertiary/aromatic N) is 1. The van der Waals surface area contributed by atoms with E-state index in [1.54, 1.807) is 21.0 Å². The van der Waals surface area contributed by atoms with Crippen LogP contribution >= 0.6 is 0 Å². The number of rotatable bonds is 7. The molecule has 0 aromatic carbocycles. The van der Waals surface area contributed by atoms with Gasteiger partial charge in [0, 0.05) is 52.0 Å². The van der Waals surface area contributed by atoms with Crippen molar-refractivity contribution in [1.29, 1.82) is 0 Å². The number of piperidine rings is 1. The molecule has 62 heavy (non-hydrogen) atoms. The van der Waals surface area contributed by atoms with Crippen molar-refractivity contribution in [2.75, 3.05) is 27.9 Å². The third-order valence-electron chi connectivity index (χ3n) is 14.8. The number of ketones is 2. The highest BCUT2D eigenvalue weighted by Crippen LogP contribution is 2.42. The second-order valence-electron chi connectivity index (χ2n) is 20.8. The number of cyclic esters (lactones) is 1. The van der Waals surface area contributed by atoms with Gasteiger partial charge in [-0.2, -0.15) is 0 Å². The number of amides is 1. The lowest BCUT2D eigenvalue weighted by molar-refractivity contribution is -0.302. The zero-order valence-corrected chi connectivity index (χ0v) is 41.4. The van der Waals surface area contributed by atoms with Crippen molar-refractivity contribution in [3.05, 3.63) is 23.3 Å². The van der Waals surface area contributed by atoms with Gasteiger partial charge in [0.2, 0.25) is 5.79 Å². The van der Waals surface area contributed by atoms with Crippen LogP contribution in [0.2, 0.25) is 18.1 Å². The van der Waals surface area contributed by atoms with Crippen LogP contribution < -0.4 is 0 Å². The molecule has 2 bridgehead atoms. The molecule has 1 aliphatic carbocycles. The maximum absolute atomic E-state index is 14.5. The summed E-state index contributed by atoms with van der Waals surface area (Å²) in [5, 5.41) is 23.9. The Morgan fingerprint density at radius 3 is 2.13 bits per heavy atom. The predicted molar refractivity (Wildman–Crippen MR) is 240 cm³/mol. The minimum atomic E-state index is -2.50. The van der Waals surface area contributed by atoms with Crippen LogP contribution in [0, 0.1) is 29.6 Å². The van der Waals surface area contributed by atoms with E-state index in [0.29, 0.717) is 37.7 Å². The molecule has 0 aromatic rings. The summed E-state index contributed by atoms with van der Waals surface area (Å²) >= 11 is 0. The van der Waals surface area contributed by atoms with E-state index in [9.17, 15) is 29.4 Å². The van der Waals surface area contributed by atoms with Crippen molar-refractivity contribution in [1.82, 2.24) is 4.90 Å². The lowest BCUT2D eigenvalue weighted by Gasteiger charge is -2.47. The second-order valence-corrected chi connectivity index (χ2v) is 25.5. The first-order valence-electron chi connectivity index (χ1n) is 23.2. The molecule has 3 heterocycles. The summed E-state index contributed by atoms with van der Waals surface area (Å²) in [5.74, 6) is -7.43. The molecule has 3 fully saturated rings. The normalized spacial score (nSPS) is 38.5. The summed E-state index contributed by atoms with van der Waals surface area (Å²) in [7, 11) is 2.73. The molecule has 13 nitrogen and oxygen atoms in total. The van der Waals surface area contributed by atoms with E-state index in [2.05, 4.69) is 46.9 Å². The largest absolute Gasteiger partial charge is 0.456 e. The van der Waals surface area contributed by atoms with E-state index in [1.165, 1.54) is 19.1 Å². The fourth-order valence-electron chi connectivity index (χ4n) is 9.84. The monoisotopic (exact) mass is 892 g/mol. The molecule has 14 atom stereocenters. The molecule has 4 rings (SSSR count). The minimum absolute atomic E-state index is 0.0378. The molecule has 14 heteroatoms. The fraction of sp³-hybridized carbons (Fsp3) is 0.833. The average Bonchev–Trinajstić information content (AvgIpc) is 3.21. The third-order valence-corrected chi connectivity index (χ3v) is 19.3. The summed E-state index contributed by atoms with van der Waals surface area (Å²) in [4.78, 5) is 58.0. The van der Waals surface area contributed by atoms with Crippen molar-refractivity contribution < 1.29 is 57.5 Å². The first kappa shape index (κ1) is 52.3. The molecule has 2 N–H and O–H groups in total. The first-order chi connectivity index (χ1) is 28.9. The van der Waals surface area contributed by atoms with Crippen LogP contribution in [0.3, 0.4) is 0 Å². The quantitative estimate of drug-likeness (QED) is 0.115. The predicted octanol–water partition coefficient (Wildman–Crippen LogP) is 7.11. The number of allylic oxidation sites excluding steroid dienone is 3. The van der Waals surface area contributed by atoms with E-state index in [0.717, 1.165) is 18.4 Å². The molecule has 1 amide bonds. The van der Waals surface area contributed by atoms with Gasteiger partial charge in [-0.05, 0) is 107 Å². The first-order valence-corrected chi connectivity index (χ1v) is 26.1. The number of carbonyl (C=O) groups excluding carboxylic acids is 4. The number of esters is 1. The summed E-state index contributed by atoms with van der Waals surface area (Å²) in [5.41, 5.74) is 1.70. The standard InChI is InChI=1S/C48H81NO12Si/c1-28-21-29(2)23-40(57-11)43-41(58-12)25-32(5)48(55,60-43)44(52)45(53)49-20-16-15-17-35(49)46(54)59-42(33(6)37(51)27-36(50)30(3)22-28)31(4)24-34-18-19-38(39(26-34)56-10)61-62(13,14)47(7,8)9/h22,24,29-30,32-35,37-43,51,55H,15-21,23,25-27H2,1-14H3. The Bertz CT molecular complexity index is 1620. The van der Waals surface area contributed by atoms with E-state index in [1.807, 2.05) is 26.8 Å². The zero-order chi connectivity index (χ0) is 46.5. The average molecular weight is 892 g/mol. The van der Waals surface area contributed by atoms with E-state index >= 15 is 0 Å². The summed E-state index contributed by atoms with van der Waals surface area (Å²) in [6.45, 7) is 22.4. The number of ether oxygens (including phenoxy) is 5. The van der Waals surface area contributed by atoms with E-state index < -0.39 is 86.1 Å². The van der Waals surface area contributed by atoms with Crippen molar-refractivity contribution >= 4 is 31.8 Å². The Kier molecular flexibility index (Phi) is 18.4. The molecular formula is C48H81NO12Si. The van der Waals surface area contributed by atoms with Crippen molar-refractivity contribution in [3.63, 3.8) is 0 Å². The molecule has 354 valence electrons. The number of fused-ring (bicyclic) bond motifs is 3. The highest BCUT2D eigenvalue weighted by atomic mass is 28.4. The Morgan fingerprint density at radius 2 is 1.52 bits per heavy atom. The SMILES string of the molecule is COC1CC(C=C(C)C2OC(=O)C3CCCCN3C(=O)C(=O)C3(O)OC(C(OC)CC(C)CC(C)=CC(C)C(=O)CC(O)C2C)C(OC)CC3C)CCC1O[Si](C)(C)C(C)(C)C. The van der Waals surface area contributed by atoms with Crippen LogP contribution in [0.1, 0.15) is 127 Å². The molecule has 4 aliphatic rings. The van der Waals surface area contributed by atoms with Gasteiger partial charge in [-0.25, -0.2) is 4.79 Å². The van der Waals surface area contributed by atoms with Gasteiger partial charge in [0.15, 0.2) is 8.32 Å². The topological polar surface area (TPSA) is 167 Å². The molecule has 14 unspecified atom stereocenters. The number of carbonyl (C=O) groups is 4. The maximum Gasteiger partial charge on any atom is 0.329 e. The van der Waals surface area contributed by atoms with Gasteiger partial charge >= 0.3 is 5.97 Å². The Balaban J connectivity index is 1.72. The summed E-state index contributed by atoms with van der Waals surface area (Å²) in [6.07, 6.45) is 4.60. The van der Waals surface area contributed by atoms with Gasteiger partial charge in [0.05, 0.1) is 30.5 Å². The van der Waals surface area contributed by atoms with Crippen LogP contribution in [0.5, 0.6) is 0 Å². The zero-order valence-electron chi connectivity index (χ0n) is 40.4. The summed E-state index contributed by atoms with van der Waals surface area (Å²) < 4.78 is 37.2. The van der Waals surface area contributed by atoms with Crippen molar-refractivity contribution in [2.24, 2.45) is 29.6 Å². The Labute approximate surface area is 373 Å². The molecule has 3 aliphatic heterocycles. The van der Waals surface area contributed by atoms with Crippen molar-refractivity contribution in [3.8, 4) is 0 Å². The van der Waals surface area contributed by atoms with Crippen LogP contribution in [-0.2, 0) is 47.3 Å². The van der Waals surface area contributed by atoms with Crippen LogP contribution in [0.4, 0.5) is 0 Å². The van der Waals surface area contributed by atoms with Gasteiger partial charge in [0.25, 0.3) is 11.7 Å². The molecule has 2 saturated heterocycles. The number of aliphatic hydroxyl groups is 2. The smallest absolute Gasteiger partial charge is 0.329 e. The van der Waals surface area contributed by atoms with Crippen LogP contribution in [0.25, 0.3) is 0 Å². The van der Waals surface area contributed by atoms with Crippen LogP contribution in [-0.4, -0.2) is 129 Å². The number of aliphatic hydroxyl groups excluding tert-OH is 1. The number of methoxy groups -OCH3 is 3. The lowest BCUT2D eigenvalue weighted by atomic mass is 9.82. The minimum Gasteiger partial charge on any atom is -0.456 e. The molecule has 0 aromatic heterocycles. The fourth-order valence-corrected chi connectivity index (χ4v) is 11.2. The lowest BCUT2D eigenvalue weighted by Crippen LogP contribution is -2.64. The van der Waals surface area contributed by atoms with Gasteiger partial charge < -0.3 is 43.2 Å². The van der Waals surface area contributed by atoms with Crippen molar-refractivity contribution in [2.45, 2.75) is 199 Å². The Hall–Kier alpha value is -2.30. The molecule has 1 saturated carbocycles. The van der Waals surface area contributed by atoms with E-state index in [4.69, 9.17) is 28.1 Å². The van der Waals surface area contributed by atoms with Gasteiger partial charge in [-0.1, -0.05) is 66.2 Å². The molecule has 0 radical (unpaired) electrons. The maximum atomic E-state index is 14.5. The second kappa shape index (κ2) is 21.8. The Morgan fingerprint density at radius 1 is 0.887 bits per heavy atom. The number of hydrogen-bond donors (Lipinski definition) is 2. The number of Topliss-reactive ketones (excluding diaryl/α,β-unsaturated/α-hetero) is 2. The van der Waals surface area contributed by atoms with Gasteiger partial charge in [-0.3, -0.25) is 14.4 Å². The molecule has 0 spiro atoms. The molecular weight excluding hydrogens is 811 g/mol. The van der Waals surface area contributed by atoms with Gasteiger partial charge in [-0.15, -0.1) is 0 Å². The highest BCUT2D eigenvalue weighted by molar-refractivity contribution is 6.74. The van der Waals surface area contributed by atoms with Crippen LogP contribution in [0.15, 0.2) is 23.3 Å². The summed E-state index contributed by atoms with van der Waals surface area (Å²) in [6, 6.07) is -1.12. The highest BCUT2D eigenvalue weighted by Gasteiger charge is 2.56. The number of hydrogen-bond acceptors (Lipinski definition) is 12. The van der Waals surface area contributed by atoms with E-state index in [-0.39, 0.29) is 60.7 Å².